The zero-order valence-electron chi connectivity index (χ0n) is 17.9. The Morgan fingerprint density at radius 1 is 1.06 bits per heavy atom. The molecule has 1 saturated heterocycles. The Kier molecular flexibility index (Phi) is 7.92. The van der Waals surface area contributed by atoms with Crippen LogP contribution in [0.25, 0.3) is 0 Å². The summed E-state index contributed by atoms with van der Waals surface area (Å²) in [6.45, 7) is 1.20. The van der Waals surface area contributed by atoms with E-state index in [2.05, 4.69) is 0 Å². The number of hydrogen-bond acceptors (Lipinski definition) is 4. The number of esters is 1. The highest BCUT2D eigenvalue weighted by molar-refractivity contribution is 5.94. The van der Waals surface area contributed by atoms with Crippen LogP contribution in [0.1, 0.15) is 35.2 Å². The van der Waals surface area contributed by atoms with Gasteiger partial charge in [0, 0.05) is 38.2 Å². The van der Waals surface area contributed by atoms with Gasteiger partial charge in [-0.15, -0.1) is 0 Å². The first-order valence-corrected chi connectivity index (χ1v) is 10.5. The monoisotopic (exact) mass is 444 g/mol. The van der Waals surface area contributed by atoms with Gasteiger partial charge >= 0.3 is 5.97 Å². The summed E-state index contributed by atoms with van der Waals surface area (Å²) < 4.78 is 31.8. The molecule has 0 bridgehead atoms. The van der Waals surface area contributed by atoms with Gasteiger partial charge in [0.25, 0.3) is 5.91 Å². The number of likely N-dealkylation sites (tertiary alicyclic amines) is 1. The summed E-state index contributed by atoms with van der Waals surface area (Å²) in [4.78, 5) is 40.6. The molecular formula is C24H26F2N2O4. The molecular weight excluding hydrogens is 418 g/mol. The summed E-state index contributed by atoms with van der Waals surface area (Å²) in [6.07, 6.45) is 0.948. The standard InChI is InChI=1S/C24H26F2N2O4/c1-32-22(29)11-14-28(16-17-5-3-2-4-6-17)23(30)18-9-12-27(13-10-18)24(31)20-8-7-19(25)15-21(20)26/h2-8,15,18H,9-14,16H2,1H3. The normalized spacial score (nSPS) is 14.2. The summed E-state index contributed by atoms with van der Waals surface area (Å²) in [5.41, 5.74) is 0.769. The highest BCUT2D eigenvalue weighted by Gasteiger charge is 2.31. The van der Waals surface area contributed by atoms with E-state index in [1.54, 1.807) is 4.90 Å². The predicted octanol–water partition coefficient (Wildman–Crippen LogP) is 3.41. The number of benzene rings is 2. The lowest BCUT2D eigenvalue weighted by molar-refractivity contribution is -0.143. The predicted molar refractivity (Wildman–Crippen MR) is 113 cm³/mol. The Labute approximate surface area is 185 Å². The molecule has 0 radical (unpaired) electrons. The zero-order valence-corrected chi connectivity index (χ0v) is 17.9. The number of carbonyl (C=O) groups excluding carboxylic acids is 3. The van der Waals surface area contributed by atoms with Crippen LogP contribution in [0.4, 0.5) is 8.78 Å². The number of halogens is 2. The van der Waals surface area contributed by atoms with Crippen LogP contribution in [0, 0.1) is 17.6 Å². The van der Waals surface area contributed by atoms with Crippen molar-refractivity contribution in [1.82, 2.24) is 9.80 Å². The summed E-state index contributed by atoms with van der Waals surface area (Å²) in [7, 11) is 1.31. The van der Waals surface area contributed by atoms with E-state index in [1.807, 2.05) is 30.3 Å². The first-order valence-electron chi connectivity index (χ1n) is 10.5. The van der Waals surface area contributed by atoms with Gasteiger partial charge in [0.05, 0.1) is 19.1 Å². The van der Waals surface area contributed by atoms with Gasteiger partial charge in [-0.05, 0) is 30.5 Å². The van der Waals surface area contributed by atoms with Crippen LogP contribution in [-0.2, 0) is 20.9 Å². The fraction of sp³-hybridized carbons (Fsp3) is 0.375. The van der Waals surface area contributed by atoms with E-state index in [9.17, 15) is 23.2 Å². The molecule has 170 valence electrons. The van der Waals surface area contributed by atoms with E-state index in [1.165, 1.54) is 12.0 Å². The van der Waals surface area contributed by atoms with Gasteiger partial charge in [-0.2, -0.15) is 0 Å². The molecule has 1 aliphatic heterocycles. The second kappa shape index (κ2) is 10.8. The molecule has 6 nitrogen and oxygen atoms in total. The maximum absolute atomic E-state index is 14.0. The minimum Gasteiger partial charge on any atom is -0.469 e. The fourth-order valence-corrected chi connectivity index (χ4v) is 3.82. The van der Waals surface area contributed by atoms with E-state index in [0.29, 0.717) is 38.5 Å². The minimum atomic E-state index is -0.898. The number of nitrogens with zero attached hydrogens (tertiary/aromatic N) is 2. The number of hydrogen-bond donors (Lipinski definition) is 0. The third-order valence-electron chi connectivity index (χ3n) is 5.63. The summed E-state index contributed by atoms with van der Waals surface area (Å²) in [6, 6.07) is 12.4. The average molecular weight is 444 g/mol. The van der Waals surface area contributed by atoms with Crippen molar-refractivity contribution in [3.63, 3.8) is 0 Å². The molecule has 1 aliphatic rings. The highest BCUT2D eigenvalue weighted by Crippen LogP contribution is 2.23. The van der Waals surface area contributed by atoms with Gasteiger partial charge in [-0.1, -0.05) is 30.3 Å². The van der Waals surface area contributed by atoms with Crippen LogP contribution in [-0.4, -0.2) is 54.3 Å². The summed E-state index contributed by atoms with van der Waals surface area (Å²) in [5.74, 6) is -2.94. The van der Waals surface area contributed by atoms with Crippen LogP contribution in [0.3, 0.4) is 0 Å². The lowest BCUT2D eigenvalue weighted by Gasteiger charge is -2.34. The fourth-order valence-electron chi connectivity index (χ4n) is 3.82. The molecule has 0 aliphatic carbocycles. The van der Waals surface area contributed by atoms with E-state index < -0.39 is 23.5 Å². The lowest BCUT2D eigenvalue weighted by Crippen LogP contribution is -2.45. The molecule has 8 heteroatoms. The molecule has 2 amide bonds. The molecule has 0 saturated carbocycles. The van der Waals surface area contributed by atoms with Crippen molar-refractivity contribution in [3.05, 3.63) is 71.3 Å². The number of piperidine rings is 1. The summed E-state index contributed by atoms with van der Waals surface area (Å²) >= 11 is 0. The zero-order chi connectivity index (χ0) is 23.1. The molecule has 3 rings (SSSR count). The van der Waals surface area contributed by atoms with Crippen LogP contribution in [0.15, 0.2) is 48.5 Å². The van der Waals surface area contributed by atoms with Gasteiger partial charge in [-0.3, -0.25) is 14.4 Å². The van der Waals surface area contributed by atoms with E-state index >= 15 is 0 Å². The number of amides is 2. The van der Waals surface area contributed by atoms with E-state index in [-0.39, 0.29) is 30.4 Å². The van der Waals surface area contributed by atoms with Gasteiger partial charge < -0.3 is 14.5 Å². The third-order valence-corrected chi connectivity index (χ3v) is 5.63. The Hall–Kier alpha value is -3.29. The molecule has 1 fully saturated rings. The molecule has 1 heterocycles. The van der Waals surface area contributed by atoms with Crippen molar-refractivity contribution in [2.45, 2.75) is 25.8 Å². The largest absolute Gasteiger partial charge is 0.469 e. The van der Waals surface area contributed by atoms with E-state index in [4.69, 9.17) is 4.74 Å². The van der Waals surface area contributed by atoms with E-state index in [0.717, 1.165) is 17.7 Å². The lowest BCUT2D eigenvalue weighted by atomic mass is 9.94. The quantitative estimate of drug-likeness (QED) is 0.614. The third kappa shape index (κ3) is 5.90. The topological polar surface area (TPSA) is 66.9 Å². The average Bonchev–Trinajstić information content (AvgIpc) is 2.81. The maximum Gasteiger partial charge on any atom is 0.307 e. The Balaban J connectivity index is 1.63. The van der Waals surface area contributed by atoms with Crippen LogP contribution >= 0.6 is 0 Å². The van der Waals surface area contributed by atoms with Crippen molar-refractivity contribution in [3.8, 4) is 0 Å². The molecule has 0 atom stereocenters. The summed E-state index contributed by atoms with van der Waals surface area (Å²) in [5, 5.41) is 0. The second-order valence-corrected chi connectivity index (χ2v) is 7.76. The molecule has 0 N–H and O–H groups in total. The number of methoxy groups -OCH3 is 1. The Bertz CT molecular complexity index is 960. The smallest absolute Gasteiger partial charge is 0.307 e. The van der Waals surface area contributed by atoms with Gasteiger partial charge in [0.15, 0.2) is 0 Å². The SMILES string of the molecule is COC(=O)CCN(Cc1ccccc1)C(=O)C1CCN(C(=O)c2ccc(F)cc2F)CC1. The molecule has 0 aromatic heterocycles. The van der Waals surface area contributed by atoms with Crippen LogP contribution < -0.4 is 0 Å². The van der Waals surface area contributed by atoms with Gasteiger partial charge in [0.1, 0.15) is 11.6 Å². The number of rotatable bonds is 7. The Morgan fingerprint density at radius 2 is 1.75 bits per heavy atom. The van der Waals surface area contributed by atoms with Crippen molar-refractivity contribution in [2.75, 3.05) is 26.7 Å². The maximum atomic E-state index is 14.0. The van der Waals surface area contributed by atoms with Crippen molar-refractivity contribution >= 4 is 17.8 Å². The number of carbonyl (C=O) groups is 3. The van der Waals surface area contributed by atoms with Crippen molar-refractivity contribution < 1.29 is 27.9 Å². The minimum absolute atomic E-state index is 0.0854. The number of ether oxygens (including phenoxy) is 1. The first-order chi connectivity index (χ1) is 15.4. The second-order valence-electron chi connectivity index (χ2n) is 7.76. The highest BCUT2D eigenvalue weighted by atomic mass is 19.1. The molecule has 0 spiro atoms. The molecule has 0 unspecified atom stereocenters. The van der Waals surface area contributed by atoms with Gasteiger partial charge in [0.2, 0.25) is 5.91 Å². The Morgan fingerprint density at radius 3 is 2.38 bits per heavy atom. The van der Waals surface area contributed by atoms with Crippen molar-refractivity contribution in [1.29, 1.82) is 0 Å². The first kappa shape index (κ1) is 23.4. The van der Waals surface area contributed by atoms with Crippen molar-refractivity contribution in [2.24, 2.45) is 5.92 Å². The van der Waals surface area contributed by atoms with Gasteiger partial charge in [-0.25, -0.2) is 8.78 Å². The molecule has 32 heavy (non-hydrogen) atoms. The molecule has 2 aromatic carbocycles. The van der Waals surface area contributed by atoms with Crippen LogP contribution in [0.5, 0.6) is 0 Å². The van der Waals surface area contributed by atoms with Crippen LogP contribution in [0.2, 0.25) is 0 Å². The molecule has 2 aromatic rings.